The Morgan fingerprint density at radius 3 is 2.08 bits per heavy atom. The standard InChI is InChI=1S/C29H41NO6/c1-5-8-24(9-6-2)21-30(29(33)36-26-14-10-22(4)11-15-26)18-19-35-25-16-12-23(13-17-25)20-27(28(31)32)34-7-3/h10-17,24,27H,5-9,18-21H2,1-4H3,(H,31,32). The van der Waals surface area contributed by atoms with E-state index < -0.39 is 12.1 Å². The van der Waals surface area contributed by atoms with Crippen LogP contribution in [0.3, 0.4) is 0 Å². The van der Waals surface area contributed by atoms with Gasteiger partial charge in [-0.3, -0.25) is 0 Å². The van der Waals surface area contributed by atoms with Crippen molar-refractivity contribution < 1.29 is 28.9 Å². The largest absolute Gasteiger partial charge is 0.492 e. The fourth-order valence-corrected chi connectivity index (χ4v) is 4.11. The molecule has 0 bridgehead atoms. The number of rotatable bonds is 16. The van der Waals surface area contributed by atoms with E-state index in [1.807, 2.05) is 43.3 Å². The van der Waals surface area contributed by atoms with Gasteiger partial charge in [0.2, 0.25) is 0 Å². The monoisotopic (exact) mass is 499 g/mol. The Morgan fingerprint density at radius 1 is 0.917 bits per heavy atom. The molecular formula is C29H41NO6. The quantitative estimate of drug-likeness (QED) is 0.299. The summed E-state index contributed by atoms with van der Waals surface area (Å²) in [4.78, 5) is 26.1. The SMILES string of the molecule is CCCC(CCC)CN(CCOc1ccc(CC(OCC)C(=O)O)cc1)C(=O)Oc1ccc(C)cc1. The molecule has 2 rings (SSSR count). The maximum Gasteiger partial charge on any atom is 0.415 e. The van der Waals surface area contributed by atoms with Crippen molar-refractivity contribution in [3.63, 3.8) is 0 Å². The van der Waals surface area contributed by atoms with E-state index in [4.69, 9.17) is 14.2 Å². The Morgan fingerprint density at radius 2 is 1.53 bits per heavy atom. The molecule has 198 valence electrons. The normalized spacial score (nSPS) is 11.8. The molecule has 1 N–H and O–H groups in total. The molecule has 1 unspecified atom stereocenters. The third kappa shape index (κ3) is 10.3. The minimum atomic E-state index is -0.973. The number of hydrogen-bond acceptors (Lipinski definition) is 5. The van der Waals surface area contributed by atoms with Crippen LogP contribution < -0.4 is 9.47 Å². The van der Waals surface area contributed by atoms with Crippen LogP contribution in [0.4, 0.5) is 4.79 Å². The Kier molecular flexibility index (Phi) is 12.8. The van der Waals surface area contributed by atoms with E-state index in [1.165, 1.54) is 0 Å². The highest BCUT2D eigenvalue weighted by Gasteiger charge is 2.21. The highest BCUT2D eigenvalue weighted by molar-refractivity contribution is 5.72. The zero-order chi connectivity index (χ0) is 26.3. The number of ether oxygens (including phenoxy) is 3. The van der Waals surface area contributed by atoms with Crippen LogP contribution in [0.25, 0.3) is 0 Å². The van der Waals surface area contributed by atoms with Gasteiger partial charge in [-0.25, -0.2) is 9.59 Å². The molecule has 0 saturated carbocycles. The van der Waals surface area contributed by atoms with Gasteiger partial charge in [-0.2, -0.15) is 0 Å². The Hall–Kier alpha value is -3.06. The number of benzene rings is 2. The van der Waals surface area contributed by atoms with Gasteiger partial charge in [0.05, 0.1) is 6.54 Å². The fourth-order valence-electron chi connectivity index (χ4n) is 4.11. The first-order chi connectivity index (χ1) is 17.4. The lowest BCUT2D eigenvalue weighted by Crippen LogP contribution is -2.40. The van der Waals surface area contributed by atoms with Crippen molar-refractivity contribution in [1.29, 1.82) is 0 Å². The first-order valence-electron chi connectivity index (χ1n) is 13.0. The van der Waals surface area contributed by atoms with Crippen molar-refractivity contribution in [1.82, 2.24) is 4.90 Å². The Balaban J connectivity index is 1.99. The molecule has 1 atom stereocenters. The average molecular weight is 500 g/mol. The van der Waals surface area contributed by atoms with Gasteiger partial charge in [0.1, 0.15) is 18.1 Å². The molecule has 0 radical (unpaired) electrons. The summed E-state index contributed by atoms with van der Waals surface area (Å²) in [5.74, 6) is 0.630. The van der Waals surface area contributed by atoms with Crippen LogP contribution in [0, 0.1) is 12.8 Å². The molecule has 0 aromatic heterocycles. The van der Waals surface area contributed by atoms with Crippen molar-refractivity contribution in [2.24, 2.45) is 5.92 Å². The predicted molar refractivity (Wildman–Crippen MR) is 141 cm³/mol. The summed E-state index contributed by atoms with van der Waals surface area (Å²) in [6.45, 7) is 9.80. The lowest BCUT2D eigenvalue weighted by atomic mass is 9.98. The molecule has 36 heavy (non-hydrogen) atoms. The van der Waals surface area contributed by atoms with Crippen molar-refractivity contribution in [3.05, 3.63) is 59.7 Å². The molecule has 0 saturated heterocycles. The van der Waals surface area contributed by atoms with Gasteiger partial charge in [0, 0.05) is 19.6 Å². The molecule has 0 aliphatic carbocycles. The van der Waals surface area contributed by atoms with E-state index >= 15 is 0 Å². The fraction of sp³-hybridized carbons (Fsp3) is 0.517. The van der Waals surface area contributed by atoms with Gasteiger partial charge in [-0.1, -0.05) is 56.5 Å². The number of amides is 1. The molecule has 1 amide bonds. The number of hydrogen-bond donors (Lipinski definition) is 1. The van der Waals surface area contributed by atoms with Gasteiger partial charge >= 0.3 is 12.1 Å². The molecule has 0 aliphatic heterocycles. The van der Waals surface area contributed by atoms with Crippen LogP contribution in [0.2, 0.25) is 0 Å². The number of aliphatic carboxylic acids is 1. The van der Waals surface area contributed by atoms with Gasteiger partial charge in [0.25, 0.3) is 0 Å². The summed E-state index contributed by atoms with van der Waals surface area (Å²) >= 11 is 0. The lowest BCUT2D eigenvalue weighted by molar-refractivity contribution is -0.149. The second-order valence-electron chi connectivity index (χ2n) is 9.05. The summed E-state index contributed by atoms with van der Waals surface area (Å²) in [6, 6.07) is 14.8. The van der Waals surface area contributed by atoms with Crippen LogP contribution in [0.1, 0.15) is 57.6 Å². The number of aryl methyl sites for hydroxylation is 1. The first kappa shape index (κ1) is 29.2. The second kappa shape index (κ2) is 15.8. The smallest absolute Gasteiger partial charge is 0.415 e. The minimum absolute atomic E-state index is 0.290. The van der Waals surface area contributed by atoms with Gasteiger partial charge in [-0.15, -0.1) is 0 Å². The highest BCUT2D eigenvalue weighted by Crippen LogP contribution is 2.19. The molecule has 0 fully saturated rings. The summed E-state index contributed by atoms with van der Waals surface area (Å²) < 4.78 is 16.9. The number of carboxylic acids is 1. The molecular weight excluding hydrogens is 458 g/mol. The number of carbonyl (C=O) groups excluding carboxylic acids is 1. The van der Waals surface area contributed by atoms with Crippen LogP contribution >= 0.6 is 0 Å². The Labute approximate surface area is 215 Å². The van der Waals surface area contributed by atoms with E-state index in [0.29, 0.717) is 50.1 Å². The zero-order valence-corrected chi connectivity index (χ0v) is 22.1. The van der Waals surface area contributed by atoms with Crippen LogP contribution in [0.5, 0.6) is 11.5 Å². The van der Waals surface area contributed by atoms with E-state index in [2.05, 4.69) is 13.8 Å². The molecule has 0 heterocycles. The second-order valence-corrected chi connectivity index (χ2v) is 9.05. The maximum atomic E-state index is 13.0. The molecule has 0 spiro atoms. The van der Waals surface area contributed by atoms with E-state index in [0.717, 1.165) is 36.8 Å². The molecule has 2 aromatic rings. The molecule has 0 aliphatic rings. The molecule has 7 nitrogen and oxygen atoms in total. The number of carboxylic acid groups (broad SMARTS) is 1. The lowest BCUT2D eigenvalue weighted by Gasteiger charge is -2.27. The van der Waals surface area contributed by atoms with Crippen molar-refractivity contribution >= 4 is 12.1 Å². The number of nitrogens with zero attached hydrogens (tertiary/aromatic N) is 1. The van der Waals surface area contributed by atoms with E-state index in [-0.39, 0.29) is 6.09 Å². The third-order valence-electron chi connectivity index (χ3n) is 5.97. The van der Waals surface area contributed by atoms with E-state index in [1.54, 1.807) is 24.0 Å². The van der Waals surface area contributed by atoms with Crippen molar-refractivity contribution in [2.45, 2.75) is 65.9 Å². The summed E-state index contributed by atoms with van der Waals surface area (Å²) in [7, 11) is 0. The average Bonchev–Trinajstić information content (AvgIpc) is 2.85. The predicted octanol–water partition coefficient (Wildman–Crippen LogP) is 6.12. The maximum absolute atomic E-state index is 13.0. The summed E-state index contributed by atoms with van der Waals surface area (Å²) in [6.07, 6.45) is 3.31. The summed E-state index contributed by atoms with van der Waals surface area (Å²) in [5.41, 5.74) is 1.96. The van der Waals surface area contributed by atoms with Crippen LogP contribution in [-0.4, -0.2) is 54.5 Å². The van der Waals surface area contributed by atoms with Gasteiger partial charge in [-0.05, 0) is 62.4 Å². The van der Waals surface area contributed by atoms with Crippen molar-refractivity contribution in [3.8, 4) is 11.5 Å². The zero-order valence-electron chi connectivity index (χ0n) is 22.1. The Bertz CT molecular complexity index is 906. The highest BCUT2D eigenvalue weighted by atomic mass is 16.6. The topological polar surface area (TPSA) is 85.3 Å². The van der Waals surface area contributed by atoms with Crippen LogP contribution in [-0.2, 0) is 16.0 Å². The first-order valence-corrected chi connectivity index (χ1v) is 13.0. The number of carbonyl (C=O) groups is 2. The third-order valence-corrected chi connectivity index (χ3v) is 5.97. The van der Waals surface area contributed by atoms with Crippen LogP contribution in [0.15, 0.2) is 48.5 Å². The molecule has 7 heteroatoms. The van der Waals surface area contributed by atoms with E-state index in [9.17, 15) is 14.7 Å². The van der Waals surface area contributed by atoms with Crippen molar-refractivity contribution in [2.75, 3.05) is 26.3 Å². The molecule has 2 aromatic carbocycles. The summed E-state index contributed by atoms with van der Waals surface area (Å²) in [5, 5.41) is 9.28. The van der Waals surface area contributed by atoms with Gasteiger partial charge < -0.3 is 24.2 Å². The minimum Gasteiger partial charge on any atom is -0.492 e. The van der Waals surface area contributed by atoms with Gasteiger partial charge in [0.15, 0.2) is 6.10 Å².